The number of aromatic nitrogens is 2. The van der Waals surface area contributed by atoms with Gasteiger partial charge in [0, 0.05) is 30.2 Å². The molecule has 1 amide bonds. The number of halogens is 1. The lowest BCUT2D eigenvalue weighted by atomic mass is 9.98. The van der Waals surface area contributed by atoms with Crippen LogP contribution in [0.5, 0.6) is 0 Å². The number of nitrogens with one attached hydrogen (secondary N) is 2. The molecule has 0 aliphatic heterocycles. The summed E-state index contributed by atoms with van der Waals surface area (Å²) in [5, 5.41) is 29.6. The van der Waals surface area contributed by atoms with Gasteiger partial charge in [-0.05, 0) is 31.0 Å². The predicted octanol–water partition coefficient (Wildman–Crippen LogP) is 3.28. The van der Waals surface area contributed by atoms with Gasteiger partial charge in [-0.3, -0.25) is 9.89 Å². The molecular weight excluding hydrogens is 366 g/mol. The second-order valence-electron chi connectivity index (χ2n) is 7.12. The Balaban J connectivity index is 1.73. The minimum atomic E-state index is -0.864. The van der Waals surface area contributed by atoms with E-state index in [0.717, 1.165) is 36.9 Å². The van der Waals surface area contributed by atoms with Crippen LogP contribution in [0.2, 0.25) is 5.02 Å². The molecule has 1 aliphatic carbocycles. The van der Waals surface area contributed by atoms with E-state index in [1.165, 1.54) is 12.8 Å². The third kappa shape index (κ3) is 5.09. The van der Waals surface area contributed by atoms with Crippen LogP contribution in [-0.4, -0.2) is 39.2 Å². The molecule has 7 heteroatoms. The highest BCUT2D eigenvalue weighted by molar-refractivity contribution is 6.34. The lowest BCUT2D eigenvalue weighted by Gasteiger charge is -2.22. The van der Waals surface area contributed by atoms with Crippen molar-refractivity contribution in [1.82, 2.24) is 15.5 Å². The fourth-order valence-electron chi connectivity index (χ4n) is 3.57. The van der Waals surface area contributed by atoms with Gasteiger partial charge in [-0.25, -0.2) is 0 Å². The van der Waals surface area contributed by atoms with Gasteiger partial charge in [0.05, 0.1) is 16.3 Å². The first kappa shape index (κ1) is 19.9. The standard InChI is InChI=1S/C20H26ClN3O3/c21-17-8-7-14(18-12-15(9-10-25)23-24-18)11-16(17)20(27)22-19(26)13-5-3-1-2-4-6-13/h7-8,11-13,19,25-26H,1-6,9-10H2,(H,22,27)(H,23,24). The van der Waals surface area contributed by atoms with E-state index in [1.54, 1.807) is 18.2 Å². The fourth-order valence-corrected chi connectivity index (χ4v) is 3.78. The van der Waals surface area contributed by atoms with Crippen molar-refractivity contribution in [3.63, 3.8) is 0 Å². The summed E-state index contributed by atoms with van der Waals surface area (Å²) in [6.45, 7) is 0.0367. The topological polar surface area (TPSA) is 98.2 Å². The van der Waals surface area contributed by atoms with E-state index >= 15 is 0 Å². The lowest BCUT2D eigenvalue weighted by molar-refractivity contribution is 0.0532. The Bertz CT molecular complexity index is 770. The lowest BCUT2D eigenvalue weighted by Crippen LogP contribution is -2.40. The van der Waals surface area contributed by atoms with Crippen LogP contribution in [0.15, 0.2) is 24.3 Å². The molecule has 27 heavy (non-hydrogen) atoms. The summed E-state index contributed by atoms with van der Waals surface area (Å²) in [4.78, 5) is 12.7. The van der Waals surface area contributed by atoms with E-state index in [9.17, 15) is 9.90 Å². The second-order valence-corrected chi connectivity index (χ2v) is 7.52. The van der Waals surface area contributed by atoms with Crippen molar-refractivity contribution in [1.29, 1.82) is 0 Å². The molecule has 0 saturated heterocycles. The zero-order chi connectivity index (χ0) is 19.2. The maximum Gasteiger partial charge on any atom is 0.254 e. The summed E-state index contributed by atoms with van der Waals surface area (Å²) < 4.78 is 0. The van der Waals surface area contributed by atoms with E-state index < -0.39 is 6.23 Å². The van der Waals surface area contributed by atoms with Crippen molar-refractivity contribution >= 4 is 17.5 Å². The average molecular weight is 392 g/mol. The number of aliphatic hydroxyl groups is 2. The molecule has 0 bridgehead atoms. The summed E-state index contributed by atoms with van der Waals surface area (Å²) >= 11 is 6.23. The van der Waals surface area contributed by atoms with E-state index in [-0.39, 0.29) is 18.4 Å². The highest BCUT2D eigenvalue weighted by Crippen LogP contribution is 2.27. The molecule has 3 rings (SSSR count). The Hall–Kier alpha value is -1.89. The number of amides is 1. The van der Waals surface area contributed by atoms with Crippen LogP contribution in [0.25, 0.3) is 11.3 Å². The maximum absolute atomic E-state index is 12.7. The van der Waals surface area contributed by atoms with Crippen molar-refractivity contribution in [2.75, 3.05) is 6.61 Å². The Morgan fingerprint density at radius 3 is 2.70 bits per heavy atom. The Morgan fingerprint density at radius 1 is 1.26 bits per heavy atom. The van der Waals surface area contributed by atoms with Crippen LogP contribution in [0, 0.1) is 5.92 Å². The first-order valence-electron chi connectivity index (χ1n) is 9.52. The first-order valence-corrected chi connectivity index (χ1v) is 9.90. The summed E-state index contributed by atoms with van der Waals surface area (Å²) in [5.74, 6) is -0.296. The van der Waals surface area contributed by atoms with Gasteiger partial charge in [-0.15, -0.1) is 0 Å². The number of carbonyl (C=O) groups is 1. The number of nitrogens with zero attached hydrogens (tertiary/aromatic N) is 1. The number of aliphatic hydroxyl groups excluding tert-OH is 2. The zero-order valence-electron chi connectivity index (χ0n) is 15.2. The summed E-state index contributed by atoms with van der Waals surface area (Å²) in [6.07, 6.45) is 6.02. The quantitative estimate of drug-likeness (QED) is 0.448. The van der Waals surface area contributed by atoms with Gasteiger partial charge in [0.15, 0.2) is 0 Å². The molecule has 146 valence electrons. The van der Waals surface area contributed by atoms with E-state index in [1.807, 2.05) is 6.07 Å². The molecule has 0 spiro atoms. The highest BCUT2D eigenvalue weighted by atomic mass is 35.5. The Labute approximate surface area is 163 Å². The molecule has 1 heterocycles. The number of rotatable bonds is 6. The number of carbonyl (C=O) groups excluding carboxylic acids is 1. The Morgan fingerprint density at radius 2 is 2.00 bits per heavy atom. The molecule has 1 aromatic heterocycles. The van der Waals surface area contributed by atoms with E-state index in [0.29, 0.717) is 22.7 Å². The van der Waals surface area contributed by atoms with Gasteiger partial charge in [0.25, 0.3) is 5.91 Å². The van der Waals surface area contributed by atoms with Crippen LogP contribution in [0.3, 0.4) is 0 Å². The molecule has 1 saturated carbocycles. The Kier molecular flexibility index (Phi) is 6.88. The van der Waals surface area contributed by atoms with Crippen LogP contribution < -0.4 is 5.32 Å². The van der Waals surface area contributed by atoms with Crippen molar-refractivity contribution in [2.24, 2.45) is 5.92 Å². The predicted molar refractivity (Wildman–Crippen MR) is 104 cm³/mol. The molecule has 0 radical (unpaired) electrons. The van der Waals surface area contributed by atoms with Crippen LogP contribution >= 0.6 is 11.6 Å². The molecule has 1 fully saturated rings. The normalized spacial score (nSPS) is 16.7. The molecule has 2 aromatic rings. The largest absolute Gasteiger partial charge is 0.396 e. The van der Waals surface area contributed by atoms with Gasteiger partial charge < -0.3 is 15.5 Å². The molecule has 1 atom stereocenters. The highest BCUT2D eigenvalue weighted by Gasteiger charge is 2.23. The van der Waals surface area contributed by atoms with Gasteiger partial charge in [-0.2, -0.15) is 5.10 Å². The SMILES string of the molecule is O=C(NC(O)C1CCCCCC1)c1cc(-c2cc(CCO)[nH]n2)ccc1Cl. The molecule has 6 nitrogen and oxygen atoms in total. The maximum atomic E-state index is 12.7. The minimum Gasteiger partial charge on any atom is -0.396 e. The number of benzene rings is 1. The van der Waals surface area contributed by atoms with Crippen LogP contribution in [0.1, 0.15) is 54.6 Å². The van der Waals surface area contributed by atoms with Crippen LogP contribution in [0.4, 0.5) is 0 Å². The molecule has 1 aromatic carbocycles. The first-order chi connectivity index (χ1) is 13.1. The molecule has 1 unspecified atom stereocenters. The van der Waals surface area contributed by atoms with Gasteiger partial charge in [-0.1, -0.05) is 43.4 Å². The number of hydrogen-bond donors (Lipinski definition) is 4. The molecular formula is C20H26ClN3O3. The number of hydrogen-bond acceptors (Lipinski definition) is 4. The molecule has 1 aliphatic rings. The van der Waals surface area contributed by atoms with Crippen molar-refractivity contribution < 1.29 is 15.0 Å². The van der Waals surface area contributed by atoms with Crippen LogP contribution in [-0.2, 0) is 6.42 Å². The zero-order valence-corrected chi connectivity index (χ0v) is 16.0. The van der Waals surface area contributed by atoms with Gasteiger partial charge in [0.2, 0.25) is 0 Å². The monoisotopic (exact) mass is 391 g/mol. The van der Waals surface area contributed by atoms with E-state index in [2.05, 4.69) is 15.5 Å². The van der Waals surface area contributed by atoms with Crippen molar-refractivity contribution in [3.05, 3.63) is 40.5 Å². The van der Waals surface area contributed by atoms with E-state index in [4.69, 9.17) is 16.7 Å². The third-order valence-corrected chi connectivity index (χ3v) is 5.47. The van der Waals surface area contributed by atoms with Crippen molar-refractivity contribution in [2.45, 2.75) is 51.2 Å². The summed E-state index contributed by atoms with van der Waals surface area (Å²) in [5.41, 5.74) is 2.55. The minimum absolute atomic E-state index is 0.0367. The smallest absolute Gasteiger partial charge is 0.254 e. The number of aromatic amines is 1. The average Bonchev–Trinajstić information content (AvgIpc) is 2.95. The van der Waals surface area contributed by atoms with Crippen molar-refractivity contribution in [3.8, 4) is 11.3 Å². The summed E-state index contributed by atoms with van der Waals surface area (Å²) in [6, 6.07) is 6.96. The molecule has 4 N–H and O–H groups in total. The fraction of sp³-hybridized carbons (Fsp3) is 0.500. The summed E-state index contributed by atoms with van der Waals surface area (Å²) in [7, 11) is 0. The number of H-pyrrole nitrogens is 1. The second kappa shape index (κ2) is 9.35. The van der Waals surface area contributed by atoms with Gasteiger partial charge in [0.1, 0.15) is 6.23 Å². The van der Waals surface area contributed by atoms with Gasteiger partial charge >= 0.3 is 0 Å². The third-order valence-electron chi connectivity index (χ3n) is 5.14.